The van der Waals surface area contributed by atoms with Crippen LogP contribution in [0.1, 0.15) is 39.2 Å². The largest absolute Gasteiger partial charge is 0.368 e. The molecule has 1 aliphatic rings. The Morgan fingerprint density at radius 2 is 2.15 bits per heavy atom. The lowest BCUT2D eigenvalue weighted by Gasteiger charge is -2.36. The van der Waals surface area contributed by atoms with Gasteiger partial charge in [-0.1, -0.05) is 12.1 Å². The fourth-order valence-electron chi connectivity index (χ4n) is 3.01. The van der Waals surface area contributed by atoms with Crippen molar-refractivity contribution >= 4 is 47.4 Å². The molecule has 1 unspecified atom stereocenters. The second-order valence-corrected chi connectivity index (χ2v) is 8.73. The molecule has 2 rings (SSSR count). The molecule has 0 amide bonds. The van der Waals surface area contributed by atoms with Crippen molar-refractivity contribution in [3.8, 4) is 6.07 Å². The molecule has 27 heavy (non-hydrogen) atoms. The molecule has 0 aromatic heterocycles. The fourth-order valence-corrected chi connectivity index (χ4v) is 3.20. The Morgan fingerprint density at radius 1 is 1.41 bits per heavy atom. The maximum Gasteiger partial charge on any atom is 0.191 e. The number of nitrogens with zero attached hydrogens (tertiary/aromatic N) is 3. The number of nitriles is 1. The van der Waals surface area contributed by atoms with Crippen LogP contribution in [-0.2, 0) is 0 Å². The highest BCUT2D eigenvalue weighted by Crippen LogP contribution is 2.24. The summed E-state index contributed by atoms with van der Waals surface area (Å²) in [4.78, 5) is 7.10. The maximum absolute atomic E-state index is 9.38. The molecule has 1 aromatic rings. The van der Waals surface area contributed by atoms with Gasteiger partial charge in [-0.2, -0.15) is 17.0 Å². The lowest BCUT2D eigenvalue weighted by Crippen LogP contribution is -2.51. The van der Waals surface area contributed by atoms with E-state index in [-0.39, 0.29) is 28.7 Å². The SMILES string of the molecule is CCNC(=NCC(C)(C)SC)NC1CCCN(c2ccccc2C#N)C1.I. The molecule has 5 nitrogen and oxygen atoms in total. The quantitative estimate of drug-likeness (QED) is 0.353. The van der Waals surface area contributed by atoms with Gasteiger partial charge in [0.1, 0.15) is 6.07 Å². The third-order valence-corrected chi connectivity index (χ3v) is 5.88. The van der Waals surface area contributed by atoms with Crippen LogP contribution in [0.5, 0.6) is 0 Å². The van der Waals surface area contributed by atoms with Gasteiger partial charge in [0.25, 0.3) is 0 Å². The van der Waals surface area contributed by atoms with E-state index in [4.69, 9.17) is 4.99 Å². The zero-order valence-corrected chi connectivity index (χ0v) is 19.9. The topological polar surface area (TPSA) is 63.5 Å². The summed E-state index contributed by atoms with van der Waals surface area (Å²) >= 11 is 1.83. The lowest BCUT2D eigenvalue weighted by atomic mass is 10.0. The van der Waals surface area contributed by atoms with Crippen molar-refractivity contribution in [3.05, 3.63) is 29.8 Å². The molecule has 1 saturated heterocycles. The van der Waals surface area contributed by atoms with Gasteiger partial charge < -0.3 is 15.5 Å². The highest BCUT2D eigenvalue weighted by Gasteiger charge is 2.23. The molecule has 2 N–H and O–H groups in total. The van der Waals surface area contributed by atoms with Gasteiger partial charge in [-0.3, -0.25) is 4.99 Å². The molecule has 1 heterocycles. The van der Waals surface area contributed by atoms with Crippen molar-refractivity contribution in [3.63, 3.8) is 0 Å². The van der Waals surface area contributed by atoms with Crippen molar-refractivity contribution < 1.29 is 0 Å². The van der Waals surface area contributed by atoms with Gasteiger partial charge in [-0.05, 0) is 52.0 Å². The number of hydrogen-bond acceptors (Lipinski definition) is 4. The van der Waals surface area contributed by atoms with E-state index in [1.807, 2.05) is 36.0 Å². The maximum atomic E-state index is 9.38. The Balaban J connectivity index is 0.00000364. The number of benzene rings is 1. The Morgan fingerprint density at radius 3 is 2.81 bits per heavy atom. The molecule has 150 valence electrons. The second-order valence-electron chi connectivity index (χ2n) is 7.22. The van der Waals surface area contributed by atoms with E-state index in [1.165, 1.54) is 0 Å². The molecule has 0 saturated carbocycles. The number of piperidine rings is 1. The van der Waals surface area contributed by atoms with E-state index >= 15 is 0 Å². The summed E-state index contributed by atoms with van der Waals surface area (Å²) in [5.41, 5.74) is 1.78. The minimum absolute atomic E-state index is 0. The number of aliphatic imine (C=N–C) groups is 1. The van der Waals surface area contributed by atoms with E-state index in [9.17, 15) is 5.26 Å². The summed E-state index contributed by atoms with van der Waals surface area (Å²) in [5, 5.41) is 16.3. The number of anilines is 1. The van der Waals surface area contributed by atoms with Crippen LogP contribution in [0.4, 0.5) is 5.69 Å². The summed E-state index contributed by atoms with van der Waals surface area (Å²) in [6.45, 7) is 10.0. The van der Waals surface area contributed by atoms with Crippen LogP contribution in [0.2, 0.25) is 0 Å². The molecular weight excluding hydrogens is 469 g/mol. The third-order valence-electron chi connectivity index (χ3n) is 4.64. The van der Waals surface area contributed by atoms with Gasteiger partial charge in [0.15, 0.2) is 5.96 Å². The number of thioether (sulfide) groups is 1. The van der Waals surface area contributed by atoms with Gasteiger partial charge in [-0.25, -0.2) is 0 Å². The first-order chi connectivity index (χ1) is 12.5. The van der Waals surface area contributed by atoms with Crippen LogP contribution < -0.4 is 15.5 Å². The molecule has 1 aromatic carbocycles. The van der Waals surface area contributed by atoms with Crippen molar-refractivity contribution in [1.29, 1.82) is 5.26 Å². The minimum atomic E-state index is 0. The minimum Gasteiger partial charge on any atom is -0.368 e. The van der Waals surface area contributed by atoms with E-state index in [0.717, 1.165) is 56.2 Å². The van der Waals surface area contributed by atoms with Crippen LogP contribution >= 0.6 is 35.7 Å². The monoisotopic (exact) mass is 501 g/mol. The van der Waals surface area contributed by atoms with Gasteiger partial charge in [0, 0.05) is 30.4 Å². The molecule has 0 aliphatic carbocycles. The molecule has 1 fully saturated rings. The van der Waals surface area contributed by atoms with Crippen molar-refractivity contribution in [2.24, 2.45) is 4.99 Å². The Labute approximate surface area is 185 Å². The lowest BCUT2D eigenvalue weighted by molar-refractivity contribution is 0.467. The number of rotatable bonds is 6. The highest BCUT2D eigenvalue weighted by molar-refractivity contribution is 14.0. The summed E-state index contributed by atoms with van der Waals surface area (Å²) in [6, 6.07) is 10.5. The Bertz CT molecular complexity index is 656. The standard InChI is InChI=1S/C20H31N5S.HI/c1-5-22-19(23-15-20(2,3)26-4)24-17-10-8-12-25(14-17)18-11-7-6-9-16(18)13-21;/h6-7,9,11,17H,5,8,10,12,14-15H2,1-4H3,(H2,22,23,24);1H. The Kier molecular flexibility index (Phi) is 10.3. The molecule has 0 spiro atoms. The molecule has 0 radical (unpaired) electrons. The average molecular weight is 501 g/mol. The second kappa shape index (κ2) is 11.6. The number of guanidine groups is 1. The predicted molar refractivity (Wildman–Crippen MR) is 129 cm³/mol. The van der Waals surface area contributed by atoms with Crippen molar-refractivity contribution in [1.82, 2.24) is 10.6 Å². The zero-order valence-electron chi connectivity index (χ0n) is 16.8. The van der Waals surface area contributed by atoms with Crippen molar-refractivity contribution in [2.45, 2.75) is 44.4 Å². The van der Waals surface area contributed by atoms with Gasteiger partial charge >= 0.3 is 0 Å². The summed E-state index contributed by atoms with van der Waals surface area (Å²) in [7, 11) is 0. The summed E-state index contributed by atoms with van der Waals surface area (Å²) < 4.78 is 0.132. The van der Waals surface area contributed by atoms with Crippen LogP contribution in [0, 0.1) is 11.3 Å². The normalized spacial score (nSPS) is 17.7. The first kappa shape index (κ1) is 23.9. The number of para-hydroxylation sites is 1. The predicted octanol–water partition coefficient (Wildman–Crippen LogP) is 3.84. The van der Waals surface area contributed by atoms with Crippen molar-refractivity contribution in [2.75, 3.05) is 37.3 Å². The van der Waals surface area contributed by atoms with Gasteiger partial charge in [-0.15, -0.1) is 24.0 Å². The van der Waals surface area contributed by atoms with E-state index in [2.05, 4.69) is 48.6 Å². The fraction of sp³-hybridized carbons (Fsp3) is 0.600. The van der Waals surface area contributed by atoms with Crippen LogP contribution in [-0.4, -0.2) is 49.2 Å². The van der Waals surface area contributed by atoms with Crippen LogP contribution in [0.25, 0.3) is 0 Å². The van der Waals surface area contributed by atoms with E-state index in [1.54, 1.807) is 0 Å². The molecule has 1 atom stereocenters. The molecule has 1 aliphatic heterocycles. The molecule has 0 bridgehead atoms. The number of hydrogen-bond donors (Lipinski definition) is 2. The number of nitrogens with one attached hydrogen (secondary N) is 2. The average Bonchev–Trinajstić information content (AvgIpc) is 2.66. The first-order valence-electron chi connectivity index (χ1n) is 9.33. The van der Waals surface area contributed by atoms with E-state index in [0.29, 0.717) is 6.04 Å². The van der Waals surface area contributed by atoms with Gasteiger partial charge in [0.05, 0.1) is 17.8 Å². The zero-order chi connectivity index (χ0) is 19.0. The Hall–Kier alpha value is -1.14. The first-order valence-corrected chi connectivity index (χ1v) is 10.6. The summed E-state index contributed by atoms with van der Waals surface area (Å²) in [6.07, 6.45) is 4.34. The van der Waals surface area contributed by atoms with Crippen LogP contribution in [0.3, 0.4) is 0 Å². The summed E-state index contributed by atoms with van der Waals surface area (Å²) in [5.74, 6) is 0.884. The third kappa shape index (κ3) is 7.41. The van der Waals surface area contributed by atoms with E-state index < -0.39 is 0 Å². The molecular formula is C20H32IN5S. The molecule has 7 heteroatoms. The van der Waals surface area contributed by atoms with Gasteiger partial charge in [0.2, 0.25) is 0 Å². The highest BCUT2D eigenvalue weighted by atomic mass is 127. The smallest absolute Gasteiger partial charge is 0.191 e. The number of halogens is 1. The van der Waals surface area contributed by atoms with Crippen LogP contribution in [0.15, 0.2) is 29.3 Å².